The van der Waals surface area contributed by atoms with Crippen molar-refractivity contribution in [2.75, 3.05) is 21.2 Å². The molecule has 3 nitrogen and oxygen atoms in total. The number of methoxy groups -OCH3 is 1. The van der Waals surface area contributed by atoms with Crippen molar-refractivity contribution in [2.24, 2.45) is 5.41 Å². The highest BCUT2D eigenvalue weighted by Crippen LogP contribution is 2.37. The van der Waals surface area contributed by atoms with Crippen molar-refractivity contribution < 1.29 is 9.13 Å². The maximum absolute atomic E-state index is 13.7. The average molecular weight is 250 g/mol. The summed E-state index contributed by atoms with van der Waals surface area (Å²) in [6.07, 6.45) is 0. The number of rotatable bonds is 4. The van der Waals surface area contributed by atoms with E-state index >= 15 is 0 Å². The quantitative estimate of drug-likeness (QED) is 0.824. The highest BCUT2D eigenvalue weighted by atomic mass is 19.1. The first-order valence-corrected chi connectivity index (χ1v) is 5.74. The van der Waals surface area contributed by atoms with E-state index in [4.69, 9.17) is 4.74 Å². The Morgan fingerprint density at radius 1 is 1.39 bits per heavy atom. The molecule has 1 atom stereocenters. The Balaban J connectivity index is 3.24. The van der Waals surface area contributed by atoms with E-state index in [2.05, 4.69) is 6.07 Å². The van der Waals surface area contributed by atoms with Crippen LogP contribution in [0.1, 0.15) is 25.5 Å². The van der Waals surface area contributed by atoms with E-state index in [1.807, 2.05) is 32.8 Å². The van der Waals surface area contributed by atoms with Crippen molar-refractivity contribution >= 4 is 0 Å². The molecule has 0 aliphatic rings. The lowest BCUT2D eigenvalue weighted by Gasteiger charge is -2.34. The van der Waals surface area contributed by atoms with E-state index < -0.39 is 11.2 Å². The molecule has 1 unspecified atom stereocenters. The van der Waals surface area contributed by atoms with Gasteiger partial charge in [0.1, 0.15) is 0 Å². The summed E-state index contributed by atoms with van der Waals surface area (Å²) in [6.45, 7) is 3.69. The molecule has 0 radical (unpaired) electrons. The van der Waals surface area contributed by atoms with Gasteiger partial charge in [-0.1, -0.05) is 6.07 Å². The fourth-order valence-electron chi connectivity index (χ4n) is 2.27. The van der Waals surface area contributed by atoms with E-state index in [1.165, 1.54) is 13.2 Å². The number of hydrogen-bond acceptors (Lipinski definition) is 3. The summed E-state index contributed by atoms with van der Waals surface area (Å²) in [5.41, 5.74) is 0.162. The Morgan fingerprint density at radius 2 is 2.00 bits per heavy atom. The topological polar surface area (TPSA) is 36.3 Å². The first-order chi connectivity index (χ1) is 8.33. The molecular weight excluding hydrogens is 231 g/mol. The van der Waals surface area contributed by atoms with Crippen LogP contribution in [0.25, 0.3) is 0 Å². The number of halogens is 1. The number of ether oxygens (including phenoxy) is 1. The zero-order valence-electron chi connectivity index (χ0n) is 11.5. The van der Waals surface area contributed by atoms with Crippen LogP contribution in [0, 0.1) is 22.6 Å². The van der Waals surface area contributed by atoms with Gasteiger partial charge in [0.2, 0.25) is 0 Å². The van der Waals surface area contributed by atoms with Gasteiger partial charge in [-0.3, -0.25) is 0 Å². The molecule has 0 saturated carbocycles. The Hall–Kier alpha value is -1.60. The first kappa shape index (κ1) is 14.5. The van der Waals surface area contributed by atoms with Crippen molar-refractivity contribution in [3.05, 3.63) is 29.6 Å². The van der Waals surface area contributed by atoms with Crippen molar-refractivity contribution in [1.29, 1.82) is 5.26 Å². The molecule has 1 aromatic carbocycles. The predicted molar refractivity (Wildman–Crippen MR) is 68.8 cm³/mol. The minimum Gasteiger partial charge on any atom is -0.494 e. The lowest BCUT2D eigenvalue weighted by Crippen LogP contribution is -2.32. The normalized spacial score (nSPS) is 13.2. The lowest BCUT2D eigenvalue weighted by atomic mass is 9.81. The smallest absolute Gasteiger partial charge is 0.165 e. The van der Waals surface area contributed by atoms with Crippen LogP contribution >= 0.6 is 0 Å². The molecular formula is C14H19FN2O. The van der Waals surface area contributed by atoms with Crippen LogP contribution in [0.15, 0.2) is 18.2 Å². The van der Waals surface area contributed by atoms with Gasteiger partial charge in [-0.05, 0) is 45.6 Å². The summed E-state index contributed by atoms with van der Waals surface area (Å²) in [5.74, 6) is -0.193. The summed E-state index contributed by atoms with van der Waals surface area (Å²) in [7, 11) is 5.19. The van der Waals surface area contributed by atoms with E-state index in [-0.39, 0.29) is 11.8 Å². The van der Waals surface area contributed by atoms with Crippen LogP contribution in [0.4, 0.5) is 4.39 Å². The number of benzene rings is 1. The van der Waals surface area contributed by atoms with Gasteiger partial charge in [0.15, 0.2) is 11.6 Å². The van der Waals surface area contributed by atoms with Gasteiger partial charge in [0.25, 0.3) is 0 Å². The van der Waals surface area contributed by atoms with Gasteiger partial charge in [-0.25, -0.2) is 4.39 Å². The molecule has 1 aromatic rings. The monoisotopic (exact) mass is 250 g/mol. The number of hydrogen-bond donors (Lipinski definition) is 0. The summed E-state index contributed by atoms with van der Waals surface area (Å²) >= 11 is 0. The Kier molecular flexibility index (Phi) is 4.31. The zero-order valence-corrected chi connectivity index (χ0v) is 11.5. The van der Waals surface area contributed by atoms with Crippen LogP contribution in [-0.4, -0.2) is 26.1 Å². The van der Waals surface area contributed by atoms with E-state index in [0.29, 0.717) is 0 Å². The van der Waals surface area contributed by atoms with E-state index in [1.54, 1.807) is 12.1 Å². The SMILES string of the molecule is COc1ccc(C(N(C)C)C(C)(C)C#N)cc1F. The van der Waals surface area contributed by atoms with Crippen LogP contribution in [0.5, 0.6) is 5.75 Å². The maximum atomic E-state index is 13.7. The van der Waals surface area contributed by atoms with Crippen LogP contribution in [-0.2, 0) is 0 Å². The van der Waals surface area contributed by atoms with Gasteiger partial charge in [-0.2, -0.15) is 5.26 Å². The molecule has 0 bridgehead atoms. The molecule has 18 heavy (non-hydrogen) atoms. The van der Waals surface area contributed by atoms with Crippen molar-refractivity contribution in [2.45, 2.75) is 19.9 Å². The highest BCUT2D eigenvalue weighted by molar-refractivity contribution is 5.32. The van der Waals surface area contributed by atoms with Gasteiger partial charge >= 0.3 is 0 Å². The molecule has 0 spiro atoms. The minimum absolute atomic E-state index is 0.178. The largest absolute Gasteiger partial charge is 0.494 e. The second-order valence-electron chi connectivity index (χ2n) is 5.09. The third-order valence-electron chi connectivity index (χ3n) is 2.98. The van der Waals surface area contributed by atoms with Crippen molar-refractivity contribution in [3.63, 3.8) is 0 Å². The van der Waals surface area contributed by atoms with Gasteiger partial charge in [0, 0.05) is 0 Å². The number of nitrogens with zero attached hydrogens (tertiary/aromatic N) is 2. The molecule has 1 rings (SSSR count). The third kappa shape index (κ3) is 2.80. The molecule has 0 fully saturated rings. The predicted octanol–water partition coefficient (Wildman–Crippen LogP) is 2.99. The molecule has 0 N–H and O–H groups in total. The number of nitriles is 1. The third-order valence-corrected chi connectivity index (χ3v) is 2.98. The highest BCUT2D eigenvalue weighted by Gasteiger charge is 2.33. The molecule has 0 heterocycles. The molecule has 4 heteroatoms. The first-order valence-electron chi connectivity index (χ1n) is 5.74. The molecule has 0 aromatic heterocycles. The summed E-state index contributed by atoms with van der Waals surface area (Å²) in [6, 6.07) is 6.92. The molecule has 98 valence electrons. The summed E-state index contributed by atoms with van der Waals surface area (Å²) < 4.78 is 18.6. The van der Waals surface area contributed by atoms with Crippen LogP contribution < -0.4 is 4.74 Å². The van der Waals surface area contributed by atoms with Crippen molar-refractivity contribution in [3.8, 4) is 11.8 Å². The summed E-state index contributed by atoms with van der Waals surface area (Å²) in [5, 5.41) is 9.25. The molecule has 0 saturated heterocycles. The Morgan fingerprint density at radius 3 is 2.39 bits per heavy atom. The van der Waals surface area contributed by atoms with E-state index in [0.717, 1.165) is 5.56 Å². The fourth-order valence-corrected chi connectivity index (χ4v) is 2.27. The maximum Gasteiger partial charge on any atom is 0.165 e. The molecule has 0 aliphatic carbocycles. The van der Waals surface area contributed by atoms with Crippen LogP contribution in [0.3, 0.4) is 0 Å². The van der Waals surface area contributed by atoms with Crippen molar-refractivity contribution in [1.82, 2.24) is 4.90 Å². The Labute approximate surface area is 108 Å². The molecule has 0 aliphatic heterocycles. The zero-order chi connectivity index (χ0) is 13.9. The minimum atomic E-state index is -0.607. The van der Waals surface area contributed by atoms with Gasteiger partial charge < -0.3 is 9.64 Å². The standard InChI is InChI=1S/C14H19FN2O/c1-14(2,9-16)13(17(3)4)10-6-7-12(18-5)11(15)8-10/h6-8,13H,1-5H3. The summed E-state index contributed by atoms with van der Waals surface area (Å²) in [4.78, 5) is 1.92. The lowest BCUT2D eigenvalue weighted by molar-refractivity contribution is 0.184. The second kappa shape index (κ2) is 5.36. The van der Waals surface area contributed by atoms with Crippen LogP contribution in [0.2, 0.25) is 0 Å². The van der Waals surface area contributed by atoms with Gasteiger partial charge in [-0.15, -0.1) is 0 Å². The molecule has 0 amide bonds. The average Bonchev–Trinajstić information content (AvgIpc) is 2.28. The fraction of sp³-hybridized carbons (Fsp3) is 0.500. The Bertz CT molecular complexity index is 463. The van der Waals surface area contributed by atoms with E-state index in [9.17, 15) is 9.65 Å². The second-order valence-corrected chi connectivity index (χ2v) is 5.09. The van der Waals surface area contributed by atoms with Gasteiger partial charge in [0.05, 0.1) is 24.6 Å².